The summed E-state index contributed by atoms with van der Waals surface area (Å²) in [5.41, 5.74) is -0.519. The van der Waals surface area contributed by atoms with Gasteiger partial charge in [-0.05, 0) is 27.2 Å². The van der Waals surface area contributed by atoms with Crippen LogP contribution in [0.3, 0.4) is 0 Å². The van der Waals surface area contributed by atoms with Crippen LogP contribution in [0.25, 0.3) is 0 Å². The zero-order chi connectivity index (χ0) is 21.1. The summed E-state index contributed by atoms with van der Waals surface area (Å²) in [5.74, 6) is -0.186. The Labute approximate surface area is 173 Å². The number of rotatable bonds is 17. The van der Waals surface area contributed by atoms with E-state index in [1.807, 2.05) is 20.8 Å². The van der Waals surface area contributed by atoms with Crippen molar-refractivity contribution in [2.24, 2.45) is 0 Å². The molecule has 0 bridgehead atoms. The first-order chi connectivity index (χ1) is 13.3. The van der Waals surface area contributed by atoms with Gasteiger partial charge in [-0.1, -0.05) is 84.0 Å². The van der Waals surface area contributed by atoms with Gasteiger partial charge in [-0.2, -0.15) is 0 Å². The molecule has 1 N–H and O–H groups in total. The molecule has 0 atom stereocenters. The SMILES string of the molecule is CCCCCCCCCCCCCCCC(=O)OCCNC(=O)OC(C)(C)C. The average molecular weight is 400 g/mol. The molecular formula is C23H45NO4. The molecule has 5 heteroatoms. The van der Waals surface area contributed by atoms with Gasteiger partial charge in [0, 0.05) is 6.42 Å². The first-order valence-electron chi connectivity index (χ1n) is 11.5. The molecule has 166 valence electrons. The highest BCUT2D eigenvalue weighted by Gasteiger charge is 2.15. The van der Waals surface area contributed by atoms with Gasteiger partial charge in [0.15, 0.2) is 0 Å². The number of nitrogens with one attached hydrogen (secondary N) is 1. The van der Waals surface area contributed by atoms with E-state index < -0.39 is 11.7 Å². The lowest BCUT2D eigenvalue weighted by Crippen LogP contribution is -2.34. The number of alkyl carbamates (subject to hydrolysis) is 1. The Bertz CT molecular complexity index is 391. The summed E-state index contributed by atoms with van der Waals surface area (Å²) in [6.07, 6.45) is 16.7. The molecule has 5 nitrogen and oxygen atoms in total. The molecule has 0 radical (unpaired) electrons. The van der Waals surface area contributed by atoms with Crippen molar-refractivity contribution in [1.82, 2.24) is 5.32 Å². The highest BCUT2D eigenvalue weighted by atomic mass is 16.6. The zero-order valence-electron chi connectivity index (χ0n) is 18.9. The van der Waals surface area contributed by atoms with Crippen LogP contribution in [0, 0.1) is 0 Å². The van der Waals surface area contributed by atoms with Crippen molar-refractivity contribution in [1.29, 1.82) is 0 Å². The maximum Gasteiger partial charge on any atom is 0.407 e. The second-order valence-electron chi connectivity index (χ2n) is 8.64. The smallest absolute Gasteiger partial charge is 0.407 e. The molecule has 28 heavy (non-hydrogen) atoms. The number of amides is 1. The molecule has 0 aliphatic rings. The predicted octanol–water partition coefficient (Wildman–Crippen LogP) is 6.54. The van der Waals surface area contributed by atoms with Gasteiger partial charge in [-0.3, -0.25) is 4.79 Å². The van der Waals surface area contributed by atoms with Crippen molar-refractivity contribution in [2.45, 2.75) is 123 Å². The predicted molar refractivity (Wildman–Crippen MR) is 116 cm³/mol. The average Bonchev–Trinajstić information content (AvgIpc) is 2.61. The van der Waals surface area contributed by atoms with E-state index in [1.165, 1.54) is 70.6 Å². The lowest BCUT2D eigenvalue weighted by atomic mass is 10.0. The Morgan fingerprint density at radius 2 is 1.21 bits per heavy atom. The second-order valence-corrected chi connectivity index (χ2v) is 8.64. The van der Waals surface area contributed by atoms with E-state index in [1.54, 1.807) is 0 Å². The van der Waals surface area contributed by atoms with Crippen LogP contribution in [0.1, 0.15) is 118 Å². The lowest BCUT2D eigenvalue weighted by molar-refractivity contribution is -0.143. The third-order valence-corrected chi connectivity index (χ3v) is 4.52. The Kier molecular flexibility index (Phi) is 17.0. The number of carbonyl (C=O) groups is 2. The zero-order valence-corrected chi connectivity index (χ0v) is 18.9. The molecule has 0 fully saturated rings. The second kappa shape index (κ2) is 17.8. The summed E-state index contributed by atoms with van der Waals surface area (Å²) in [5, 5.41) is 2.57. The highest BCUT2D eigenvalue weighted by molar-refractivity contribution is 5.69. The van der Waals surface area contributed by atoms with Gasteiger partial charge in [0.1, 0.15) is 12.2 Å². The Hall–Kier alpha value is -1.26. The van der Waals surface area contributed by atoms with E-state index >= 15 is 0 Å². The summed E-state index contributed by atoms with van der Waals surface area (Å²) in [6, 6.07) is 0. The number of ether oxygens (including phenoxy) is 2. The number of carbonyl (C=O) groups excluding carboxylic acids is 2. The van der Waals surface area contributed by atoms with Crippen LogP contribution in [-0.4, -0.2) is 30.8 Å². The summed E-state index contributed by atoms with van der Waals surface area (Å²) >= 11 is 0. The van der Waals surface area contributed by atoms with Crippen molar-refractivity contribution in [3.63, 3.8) is 0 Å². The molecular weight excluding hydrogens is 354 g/mol. The first kappa shape index (κ1) is 26.7. The van der Waals surface area contributed by atoms with Crippen LogP contribution in [0.4, 0.5) is 4.79 Å². The van der Waals surface area contributed by atoms with Crippen molar-refractivity contribution in [2.75, 3.05) is 13.2 Å². The van der Waals surface area contributed by atoms with E-state index in [0.717, 1.165) is 12.8 Å². The van der Waals surface area contributed by atoms with Crippen molar-refractivity contribution in [3.8, 4) is 0 Å². The number of unbranched alkanes of at least 4 members (excludes halogenated alkanes) is 12. The van der Waals surface area contributed by atoms with Crippen molar-refractivity contribution >= 4 is 12.1 Å². The molecule has 0 aliphatic carbocycles. The summed E-state index contributed by atoms with van der Waals surface area (Å²) in [6.45, 7) is 8.15. The van der Waals surface area contributed by atoms with E-state index in [9.17, 15) is 9.59 Å². The van der Waals surface area contributed by atoms with Crippen LogP contribution in [-0.2, 0) is 14.3 Å². The van der Waals surface area contributed by atoms with Crippen LogP contribution in [0.2, 0.25) is 0 Å². The van der Waals surface area contributed by atoms with Gasteiger partial charge in [0.25, 0.3) is 0 Å². The van der Waals surface area contributed by atoms with Crippen molar-refractivity contribution in [3.05, 3.63) is 0 Å². The van der Waals surface area contributed by atoms with Gasteiger partial charge >= 0.3 is 12.1 Å². The first-order valence-corrected chi connectivity index (χ1v) is 11.5. The fourth-order valence-corrected chi connectivity index (χ4v) is 2.99. The van der Waals surface area contributed by atoms with Crippen LogP contribution >= 0.6 is 0 Å². The third kappa shape index (κ3) is 21.0. The molecule has 0 heterocycles. The van der Waals surface area contributed by atoms with Gasteiger partial charge in [0.2, 0.25) is 0 Å². The minimum atomic E-state index is -0.519. The summed E-state index contributed by atoms with van der Waals surface area (Å²) in [7, 11) is 0. The summed E-state index contributed by atoms with van der Waals surface area (Å²) < 4.78 is 10.2. The van der Waals surface area contributed by atoms with Crippen LogP contribution < -0.4 is 5.32 Å². The topological polar surface area (TPSA) is 64.6 Å². The normalized spacial score (nSPS) is 11.3. The molecule has 0 spiro atoms. The molecule has 0 aromatic carbocycles. The van der Waals surface area contributed by atoms with Gasteiger partial charge < -0.3 is 14.8 Å². The monoisotopic (exact) mass is 399 g/mol. The minimum absolute atomic E-state index is 0.186. The lowest BCUT2D eigenvalue weighted by Gasteiger charge is -2.19. The van der Waals surface area contributed by atoms with E-state index in [-0.39, 0.29) is 19.1 Å². The minimum Gasteiger partial charge on any atom is -0.464 e. The summed E-state index contributed by atoms with van der Waals surface area (Å²) in [4.78, 5) is 23.1. The fourth-order valence-electron chi connectivity index (χ4n) is 2.99. The Morgan fingerprint density at radius 1 is 0.750 bits per heavy atom. The maximum atomic E-state index is 11.7. The molecule has 1 amide bonds. The Morgan fingerprint density at radius 3 is 1.68 bits per heavy atom. The maximum absolute atomic E-state index is 11.7. The standard InChI is InChI=1S/C23H45NO4/c1-5-6-7-8-9-10-11-12-13-14-15-16-17-18-21(25)27-20-19-24-22(26)28-23(2,3)4/h5-20H2,1-4H3,(H,24,26). The number of hydrogen-bond donors (Lipinski definition) is 1. The van der Waals surface area contributed by atoms with E-state index in [2.05, 4.69) is 12.2 Å². The van der Waals surface area contributed by atoms with Crippen LogP contribution in [0.5, 0.6) is 0 Å². The van der Waals surface area contributed by atoms with E-state index in [0.29, 0.717) is 6.42 Å². The van der Waals surface area contributed by atoms with Gasteiger partial charge in [-0.25, -0.2) is 4.79 Å². The largest absolute Gasteiger partial charge is 0.464 e. The van der Waals surface area contributed by atoms with Gasteiger partial charge in [-0.15, -0.1) is 0 Å². The van der Waals surface area contributed by atoms with Crippen LogP contribution in [0.15, 0.2) is 0 Å². The molecule has 0 aliphatic heterocycles. The quantitative estimate of drug-likeness (QED) is 0.223. The number of esters is 1. The molecule has 0 aromatic heterocycles. The number of hydrogen-bond acceptors (Lipinski definition) is 4. The molecule has 0 rings (SSSR count). The molecule has 0 saturated heterocycles. The fraction of sp³-hybridized carbons (Fsp3) is 0.913. The van der Waals surface area contributed by atoms with Gasteiger partial charge in [0.05, 0.1) is 6.54 Å². The third-order valence-electron chi connectivity index (χ3n) is 4.52. The van der Waals surface area contributed by atoms with Crippen molar-refractivity contribution < 1.29 is 19.1 Å². The van der Waals surface area contributed by atoms with E-state index in [4.69, 9.17) is 9.47 Å². The Balaban J connectivity index is 3.30. The molecule has 0 aromatic rings. The molecule has 0 saturated carbocycles. The highest BCUT2D eigenvalue weighted by Crippen LogP contribution is 2.13. The molecule has 0 unspecified atom stereocenters.